The van der Waals surface area contributed by atoms with Crippen LogP contribution < -0.4 is 5.73 Å². The lowest BCUT2D eigenvalue weighted by molar-refractivity contribution is 0.157. The minimum Gasteiger partial charge on any atom is -0.448 e. The van der Waals surface area contributed by atoms with Crippen molar-refractivity contribution in [3.05, 3.63) is 60.2 Å². The summed E-state index contributed by atoms with van der Waals surface area (Å²) < 4.78 is 4.91. The Kier molecular flexibility index (Phi) is 3.88. The van der Waals surface area contributed by atoms with Gasteiger partial charge in [-0.3, -0.25) is 0 Å². The molecule has 4 nitrogen and oxygen atoms in total. The van der Waals surface area contributed by atoms with E-state index in [2.05, 4.69) is 24.3 Å². The summed E-state index contributed by atoms with van der Waals surface area (Å²) >= 11 is 0. The Hall–Kier alpha value is -2.33. The maximum absolute atomic E-state index is 11.4. The lowest BCUT2D eigenvalue weighted by Gasteiger charge is -2.19. The summed E-state index contributed by atoms with van der Waals surface area (Å²) in [6, 6.07) is 18.2. The number of rotatable bonds is 4. The lowest BCUT2D eigenvalue weighted by Crippen LogP contribution is -2.32. The highest BCUT2D eigenvalue weighted by atomic mass is 16.6. The first-order valence-corrected chi connectivity index (χ1v) is 7.07. The number of carbonyl (C=O) groups excluding carboxylic acids is 1. The summed E-state index contributed by atoms with van der Waals surface area (Å²) in [4.78, 5) is 13.1. The summed E-state index contributed by atoms with van der Waals surface area (Å²) in [6.45, 7) is 1.57. The lowest BCUT2D eigenvalue weighted by atomic mass is 10.0. The highest BCUT2D eigenvalue weighted by Gasteiger charge is 2.24. The standard InChI is InChI=1S/C17H18N2O2/c18-16(12-19-10-11-21-17(19)20)15-8-6-14(7-9-15)13-4-2-1-3-5-13/h1-9,16H,10-12,18H2. The molecule has 1 aliphatic rings. The van der Waals surface area contributed by atoms with E-state index in [0.717, 1.165) is 11.1 Å². The Labute approximate surface area is 124 Å². The number of amides is 1. The van der Waals surface area contributed by atoms with Gasteiger partial charge in [-0.15, -0.1) is 0 Å². The minimum atomic E-state index is -0.272. The number of nitrogens with zero attached hydrogens (tertiary/aromatic N) is 1. The van der Waals surface area contributed by atoms with E-state index in [1.807, 2.05) is 30.3 Å². The number of nitrogens with two attached hydrogens (primary N) is 1. The van der Waals surface area contributed by atoms with Gasteiger partial charge in [0.05, 0.1) is 6.54 Å². The van der Waals surface area contributed by atoms with E-state index in [1.165, 1.54) is 5.56 Å². The summed E-state index contributed by atoms with van der Waals surface area (Å²) in [6.07, 6.45) is -0.272. The monoisotopic (exact) mass is 282 g/mol. The molecule has 0 bridgehead atoms. The van der Waals surface area contributed by atoms with Gasteiger partial charge in [0.25, 0.3) is 0 Å². The molecule has 1 aliphatic heterocycles. The second-order valence-corrected chi connectivity index (χ2v) is 5.15. The van der Waals surface area contributed by atoms with Crippen LogP contribution in [0.1, 0.15) is 11.6 Å². The second kappa shape index (κ2) is 5.97. The van der Waals surface area contributed by atoms with Gasteiger partial charge >= 0.3 is 6.09 Å². The number of carbonyl (C=O) groups is 1. The molecular weight excluding hydrogens is 264 g/mol. The smallest absolute Gasteiger partial charge is 0.410 e. The van der Waals surface area contributed by atoms with Crippen molar-refractivity contribution in [3.63, 3.8) is 0 Å². The van der Waals surface area contributed by atoms with Crippen LogP contribution in [0.2, 0.25) is 0 Å². The molecule has 0 saturated carbocycles. The van der Waals surface area contributed by atoms with E-state index < -0.39 is 0 Å². The van der Waals surface area contributed by atoms with Crippen LogP contribution in [0.4, 0.5) is 4.79 Å². The highest BCUT2D eigenvalue weighted by molar-refractivity contribution is 5.69. The number of ether oxygens (including phenoxy) is 1. The predicted molar refractivity (Wildman–Crippen MR) is 81.7 cm³/mol. The maximum Gasteiger partial charge on any atom is 0.410 e. The van der Waals surface area contributed by atoms with E-state index in [-0.39, 0.29) is 12.1 Å². The Morgan fingerprint density at radius 3 is 2.33 bits per heavy atom. The minimum absolute atomic E-state index is 0.194. The highest BCUT2D eigenvalue weighted by Crippen LogP contribution is 2.22. The van der Waals surface area contributed by atoms with E-state index >= 15 is 0 Å². The molecule has 0 aromatic heterocycles. The van der Waals surface area contributed by atoms with Crippen molar-refractivity contribution in [2.75, 3.05) is 19.7 Å². The summed E-state index contributed by atoms with van der Waals surface area (Å²) in [5, 5.41) is 0. The molecule has 0 radical (unpaired) electrons. The number of cyclic esters (lactones) is 1. The van der Waals surface area contributed by atoms with Crippen LogP contribution in [0.5, 0.6) is 0 Å². The Bertz CT molecular complexity index is 610. The largest absolute Gasteiger partial charge is 0.448 e. The van der Waals surface area contributed by atoms with Crippen LogP contribution >= 0.6 is 0 Å². The Morgan fingerprint density at radius 2 is 1.71 bits per heavy atom. The molecule has 1 atom stereocenters. The molecule has 2 aromatic carbocycles. The van der Waals surface area contributed by atoms with E-state index in [0.29, 0.717) is 19.7 Å². The first-order valence-electron chi connectivity index (χ1n) is 7.07. The van der Waals surface area contributed by atoms with Gasteiger partial charge in [-0.05, 0) is 16.7 Å². The maximum atomic E-state index is 11.4. The average Bonchev–Trinajstić information content (AvgIpc) is 2.93. The molecular formula is C17H18N2O2. The van der Waals surface area contributed by atoms with Crippen molar-refractivity contribution in [2.24, 2.45) is 5.73 Å². The van der Waals surface area contributed by atoms with Crippen LogP contribution in [-0.4, -0.2) is 30.7 Å². The third-order valence-electron chi connectivity index (χ3n) is 3.71. The van der Waals surface area contributed by atoms with Gasteiger partial charge in [-0.25, -0.2) is 4.79 Å². The van der Waals surface area contributed by atoms with E-state index in [9.17, 15) is 4.79 Å². The van der Waals surface area contributed by atoms with Gasteiger partial charge in [-0.1, -0.05) is 54.6 Å². The van der Waals surface area contributed by atoms with Crippen molar-refractivity contribution >= 4 is 6.09 Å². The van der Waals surface area contributed by atoms with Crippen LogP contribution in [0.15, 0.2) is 54.6 Å². The Balaban J connectivity index is 1.70. The fraction of sp³-hybridized carbons (Fsp3) is 0.235. The molecule has 2 N–H and O–H groups in total. The quantitative estimate of drug-likeness (QED) is 0.938. The number of benzene rings is 2. The average molecular weight is 282 g/mol. The summed E-state index contributed by atoms with van der Waals surface area (Å²) in [5.74, 6) is 0. The summed E-state index contributed by atoms with van der Waals surface area (Å²) in [7, 11) is 0. The molecule has 3 rings (SSSR count). The first-order chi connectivity index (χ1) is 10.2. The van der Waals surface area contributed by atoms with Gasteiger partial charge in [0.1, 0.15) is 6.61 Å². The molecule has 0 spiro atoms. The molecule has 1 amide bonds. The van der Waals surface area contributed by atoms with Crippen LogP contribution in [0, 0.1) is 0 Å². The Morgan fingerprint density at radius 1 is 1.05 bits per heavy atom. The van der Waals surface area contributed by atoms with Crippen LogP contribution in [0.3, 0.4) is 0 Å². The SMILES string of the molecule is NC(CN1CCOC1=O)c1ccc(-c2ccccc2)cc1. The predicted octanol–water partition coefficient (Wildman–Crippen LogP) is 2.81. The van der Waals surface area contributed by atoms with Crippen LogP contribution in [0.25, 0.3) is 11.1 Å². The molecule has 1 heterocycles. The molecule has 108 valence electrons. The summed E-state index contributed by atoms with van der Waals surface area (Å²) in [5.41, 5.74) is 9.54. The molecule has 1 saturated heterocycles. The van der Waals surface area contributed by atoms with Gasteiger partial charge < -0.3 is 15.4 Å². The molecule has 0 aliphatic carbocycles. The molecule has 1 fully saturated rings. The third kappa shape index (κ3) is 3.06. The zero-order valence-corrected chi connectivity index (χ0v) is 11.7. The second-order valence-electron chi connectivity index (χ2n) is 5.15. The fourth-order valence-electron chi connectivity index (χ4n) is 2.49. The van der Waals surface area contributed by atoms with Gasteiger partial charge in [0.2, 0.25) is 0 Å². The topological polar surface area (TPSA) is 55.6 Å². The fourth-order valence-corrected chi connectivity index (χ4v) is 2.49. The van der Waals surface area contributed by atoms with Gasteiger partial charge in [0.15, 0.2) is 0 Å². The molecule has 4 heteroatoms. The van der Waals surface area contributed by atoms with Crippen molar-refractivity contribution in [1.82, 2.24) is 4.90 Å². The van der Waals surface area contributed by atoms with E-state index in [1.54, 1.807) is 4.90 Å². The van der Waals surface area contributed by atoms with Crippen molar-refractivity contribution < 1.29 is 9.53 Å². The van der Waals surface area contributed by atoms with Crippen molar-refractivity contribution in [3.8, 4) is 11.1 Å². The normalized spacial score (nSPS) is 15.9. The van der Waals surface area contributed by atoms with Crippen molar-refractivity contribution in [2.45, 2.75) is 6.04 Å². The first kappa shape index (κ1) is 13.6. The zero-order chi connectivity index (χ0) is 14.7. The van der Waals surface area contributed by atoms with Gasteiger partial charge in [-0.2, -0.15) is 0 Å². The molecule has 2 aromatic rings. The van der Waals surface area contributed by atoms with Crippen LogP contribution in [-0.2, 0) is 4.74 Å². The number of hydrogen-bond acceptors (Lipinski definition) is 3. The zero-order valence-electron chi connectivity index (χ0n) is 11.7. The molecule has 21 heavy (non-hydrogen) atoms. The van der Waals surface area contributed by atoms with Gasteiger partial charge in [0, 0.05) is 12.6 Å². The third-order valence-corrected chi connectivity index (χ3v) is 3.71. The van der Waals surface area contributed by atoms with Crippen molar-refractivity contribution in [1.29, 1.82) is 0 Å². The number of hydrogen-bond donors (Lipinski definition) is 1. The molecule has 1 unspecified atom stereocenters. The van der Waals surface area contributed by atoms with E-state index in [4.69, 9.17) is 10.5 Å².